The summed E-state index contributed by atoms with van der Waals surface area (Å²) < 4.78 is 0. The number of nitrogens with zero attached hydrogens (tertiary/aromatic N) is 2. The molecule has 0 unspecified atom stereocenters. The number of aromatic nitrogens is 2. The fourth-order valence-electron chi connectivity index (χ4n) is 0.795. The molecule has 70 valence electrons. The summed E-state index contributed by atoms with van der Waals surface area (Å²) in [5, 5.41) is 0.170. The number of halogens is 1. The van der Waals surface area contributed by atoms with Gasteiger partial charge in [0.15, 0.2) is 0 Å². The first-order valence-electron chi connectivity index (χ1n) is 3.79. The average molecular weight is 216 g/mol. The van der Waals surface area contributed by atoms with Crippen LogP contribution in [0.5, 0.6) is 0 Å². The summed E-state index contributed by atoms with van der Waals surface area (Å²) in [6, 6.07) is 0. The number of nitrogens with two attached hydrogens (primary N) is 1. The summed E-state index contributed by atoms with van der Waals surface area (Å²) in [6.07, 6.45) is 6.32. The van der Waals surface area contributed by atoms with Crippen molar-refractivity contribution in [1.29, 1.82) is 0 Å². The summed E-state index contributed by atoms with van der Waals surface area (Å²) in [5.74, 6) is 1.21. The number of hydrogen-bond donors (Lipinski definition) is 2. The Bertz CT molecular complexity index is 314. The lowest BCUT2D eigenvalue weighted by atomic mass is 10.2. The normalized spacial score (nSPS) is 10.9. The van der Waals surface area contributed by atoms with Crippen LogP contribution in [0.25, 0.3) is 6.08 Å². The second-order valence-electron chi connectivity index (χ2n) is 2.39. The van der Waals surface area contributed by atoms with Gasteiger partial charge in [0.2, 0.25) is 5.28 Å². The lowest BCUT2D eigenvalue weighted by Crippen LogP contribution is -1.95. The number of rotatable bonds is 3. The van der Waals surface area contributed by atoms with Gasteiger partial charge in [-0.15, -0.1) is 0 Å². The molecule has 0 bridgehead atoms. The second kappa shape index (κ2) is 5.09. The number of thiol groups is 1. The number of allylic oxidation sites excluding steroid dienone is 1. The summed E-state index contributed by atoms with van der Waals surface area (Å²) in [6.45, 7) is 0. The molecule has 1 heterocycles. The van der Waals surface area contributed by atoms with Crippen LogP contribution in [-0.2, 0) is 0 Å². The van der Waals surface area contributed by atoms with E-state index in [1.54, 1.807) is 6.20 Å². The third-order valence-electron chi connectivity index (χ3n) is 1.41. The van der Waals surface area contributed by atoms with E-state index < -0.39 is 0 Å². The summed E-state index contributed by atoms with van der Waals surface area (Å²) in [5.41, 5.74) is 6.38. The van der Waals surface area contributed by atoms with E-state index in [0.717, 1.165) is 17.7 Å². The molecule has 0 fully saturated rings. The first kappa shape index (κ1) is 10.3. The number of nitrogen functional groups attached to an aromatic ring is 1. The topological polar surface area (TPSA) is 51.8 Å². The molecule has 5 heteroatoms. The van der Waals surface area contributed by atoms with Crippen molar-refractivity contribution in [3.8, 4) is 0 Å². The highest BCUT2D eigenvalue weighted by atomic mass is 35.5. The summed E-state index contributed by atoms with van der Waals surface area (Å²) in [7, 11) is 0. The minimum Gasteiger partial charge on any atom is -0.383 e. The molecule has 0 aromatic carbocycles. The van der Waals surface area contributed by atoms with Crippen LogP contribution < -0.4 is 5.73 Å². The highest BCUT2D eigenvalue weighted by molar-refractivity contribution is 7.80. The molecule has 3 nitrogen and oxygen atoms in total. The standard InChI is InChI=1S/C8H10ClN3S/c9-8-11-5-6(7(10)12-8)3-1-2-4-13/h1,3,5,13H,2,4H2,(H2,10,11,12). The molecule has 0 aliphatic rings. The van der Waals surface area contributed by atoms with Crippen LogP contribution in [0.4, 0.5) is 5.82 Å². The van der Waals surface area contributed by atoms with Crippen LogP contribution >= 0.6 is 24.2 Å². The molecule has 0 atom stereocenters. The van der Waals surface area contributed by atoms with Crippen LogP contribution in [0.1, 0.15) is 12.0 Å². The number of anilines is 1. The Morgan fingerprint density at radius 1 is 1.62 bits per heavy atom. The predicted molar refractivity (Wildman–Crippen MR) is 59.0 cm³/mol. The van der Waals surface area contributed by atoms with E-state index in [0.29, 0.717) is 5.82 Å². The zero-order valence-corrected chi connectivity index (χ0v) is 8.59. The Hall–Kier alpha value is -0.740. The zero-order chi connectivity index (χ0) is 9.68. The Morgan fingerprint density at radius 2 is 2.38 bits per heavy atom. The average Bonchev–Trinajstić information content (AvgIpc) is 2.09. The predicted octanol–water partition coefficient (Wildman–Crippen LogP) is 2.05. The number of hydrogen-bond acceptors (Lipinski definition) is 4. The van der Waals surface area contributed by atoms with E-state index in [-0.39, 0.29) is 5.28 Å². The van der Waals surface area contributed by atoms with E-state index in [2.05, 4.69) is 22.6 Å². The molecule has 1 rings (SSSR count). The van der Waals surface area contributed by atoms with Crippen LogP contribution in [0, 0.1) is 0 Å². The lowest BCUT2D eigenvalue weighted by molar-refractivity contribution is 1.17. The van der Waals surface area contributed by atoms with Gasteiger partial charge in [-0.1, -0.05) is 12.2 Å². The molecule has 2 N–H and O–H groups in total. The molecule has 1 aromatic heterocycles. The van der Waals surface area contributed by atoms with Crippen molar-refractivity contribution in [2.45, 2.75) is 6.42 Å². The van der Waals surface area contributed by atoms with Crippen LogP contribution in [-0.4, -0.2) is 15.7 Å². The van der Waals surface area contributed by atoms with E-state index >= 15 is 0 Å². The lowest BCUT2D eigenvalue weighted by Gasteiger charge is -1.97. The van der Waals surface area contributed by atoms with Crippen molar-refractivity contribution in [3.05, 3.63) is 23.1 Å². The summed E-state index contributed by atoms with van der Waals surface area (Å²) in [4.78, 5) is 7.64. The fraction of sp³-hybridized carbons (Fsp3) is 0.250. The molecule has 0 aliphatic carbocycles. The van der Waals surface area contributed by atoms with Gasteiger partial charge in [0.25, 0.3) is 0 Å². The van der Waals surface area contributed by atoms with E-state index in [9.17, 15) is 0 Å². The quantitative estimate of drug-likeness (QED) is 0.600. The smallest absolute Gasteiger partial charge is 0.224 e. The minimum absolute atomic E-state index is 0.170. The molecule has 0 radical (unpaired) electrons. The largest absolute Gasteiger partial charge is 0.383 e. The Balaban J connectivity index is 2.77. The van der Waals surface area contributed by atoms with Gasteiger partial charge in [-0.2, -0.15) is 12.6 Å². The molecule has 0 saturated heterocycles. The van der Waals surface area contributed by atoms with Crippen molar-refractivity contribution in [3.63, 3.8) is 0 Å². The van der Waals surface area contributed by atoms with Gasteiger partial charge >= 0.3 is 0 Å². The molecule has 13 heavy (non-hydrogen) atoms. The van der Waals surface area contributed by atoms with Crippen LogP contribution in [0.15, 0.2) is 12.3 Å². The van der Waals surface area contributed by atoms with Crippen molar-refractivity contribution >= 4 is 36.1 Å². The first-order chi connectivity index (χ1) is 6.24. The molecular weight excluding hydrogens is 206 g/mol. The maximum absolute atomic E-state index is 5.60. The highest BCUT2D eigenvalue weighted by Gasteiger charge is 1.97. The third kappa shape index (κ3) is 3.24. The molecule has 0 amide bonds. The molecule has 0 spiro atoms. The third-order valence-corrected chi connectivity index (χ3v) is 1.85. The molecule has 0 saturated carbocycles. The van der Waals surface area contributed by atoms with Crippen molar-refractivity contribution in [1.82, 2.24) is 9.97 Å². The van der Waals surface area contributed by atoms with E-state index in [4.69, 9.17) is 17.3 Å². The highest BCUT2D eigenvalue weighted by Crippen LogP contribution is 2.12. The monoisotopic (exact) mass is 215 g/mol. The van der Waals surface area contributed by atoms with Gasteiger partial charge in [0.1, 0.15) is 5.82 Å². The van der Waals surface area contributed by atoms with E-state index in [1.807, 2.05) is 12.2 Å². The van der Waals surface area contributed by atoms with Gasteiger partial charge in [-0.05, 0) is 23.8 Å². The molecule has 1 aromatic rings. The zero-order valence-electron chi connectivity index (χ0n) is 6.94. The van der Waals surface area contributed by atoms with Crippen molar-refractivity contribution < 1.29 is 0 Å². The van der Waals surface area contributed by atoms with Crippen LogP contribution in [0.3, 0.4) is 0 Å². The van der Waals surface area contributed by atoms with Gasteiger partial charge < -0.3 is 5.73 Å². The molecular formula is C8H10ClN3S. The van der Waals surface area contributed by atoms with Gasteiger partial charge in [-0.25, -0.2) is 9.97 Å². The Labute approximate surface area is 87.4 Å². The Morgan fingerprint density at radius 3 is 3.00 bits per heavy atom. The fourth-order valence-corrected chi connectivity index (χ4v) is 1.08. The van der Waals surface area contributed by atoms with Crippen molar-refractivity contribution in [2.24, 2.45) is 0 Å². The van der Waals surface area contributed by atoms with Crippen molar-refractivity contribution in [2.75, 3.05) is 11.5 Å². The van der Waals surface area contributed by atoms with Gasteiger partial charge in [-0.3, -0.25) is 0 Å². The first-order valence-corrected chi connectivity index (χ1v) is 4.80. The van der Waals surface area contributed by atoms with Gasteiger partial charge in [0, 0.05) is 11.8 Å². The van der Waals surface area contributed by atoms with Crippen LogP contribution in [0.2, 0.25) is 5.28 Å². The maximum atomic E-state index is 5.60. The SMILES string of the molecule is Nc1nc(Cl)ncc1C=CCCS. The maximum Gasteiger partial charge on any atom is 0.224 e. The van der Waals surface area contributed by atoms with Gasteiger partial charge in [0.05, 0.1) is 0 Å². The van der Waals surface area contributed by atoms with E-state index in [1.165, 1.54) is 0 Å². The summed E-state index contributed by atoms with van der Waals surface area (Å²) >= 11 is 9.61. The Kier molecular flexibility index (Phi) is 4.05. The molecule has 0 aliphatic heterocycles. The minimum atomic E-state index is 0.170. The second-order valence-corrected chi connectivity index (χ2v) is 3.18.